The van der Waals surface area contributed by atoms with Crippen LogP contribution in [-0.4, -0.2) is 28.0 Å². The number of ether oxygens (including phenoxy) is 1. The van der Waals surface area contributed by atoms with Gasteiger partial charge in [-0.2, -0.15) is 10.1 Å². The number of halogens is 1. The molecule has 0 spiro atoms. The minimum atomic E-state index is -0.369. The van der Waals surface area contributed by atoms with Crippen molar-refractivity contribution in [1.29, 1.82) is 5.26 Å². The highest BCUT2D eigenvalue weighted by Crippen LogP contribution is 2.26. The Kier molecular flexibility index (Phi) is 4.31. The van der Waals surface area contributed by atoms with Crippen molar-refractivity contribution < 1.29 is 9.53 Å². The SMILES string of the molecule is COc1ccc(-n2nc3ccc(NC(=O)CC#N)cc3n2)cc1Cl. The van der Waals surface area contributed by atoms with Gasteiger partial charge in [-0.25, -0.2) is 0 Å². The molecule has 3 rings (SSSR count). The van der Waals surface area contributed by atoms with Crippen molar-refractivity contribution in [2.24, 2.45) is 0 Å². The van der Waals surface area contributed by atoms with E-state index in [1.54, 1.807) is 49.6 Å². The third-order valence-corrected chi connectivity index (χ3v) is 3.57. The van der Waals surface area contributed by atoms with Gasteiger partial charge in [0.05, 0.1) is 23.9 Å². The Bertz CT molecular complexity index is 961. The van der Waals surface area contributed by atoms with Crippen LogP contribution < -0.4 is 10.1 Å². The van der Waals surface area contributed by atoms with Crippen LogP contribution in [0.5, 0.6) is 5.75 Å². The van der Waals surface area contributed by atoms with E-state index in [-0.39, 0.29) is 12.3 Å². The summed E-state index contributed by atoms with van der Waals surface area (Å²) in [5, 5.41) is 20.4. The maximum atomic E-state index is 11.5. The summed E-state index contributed by atoms with van der Waals surface area (Å²) in [7, 11) is 1.55. The quantitative estimate of drug-likeness (QED) is 0.787. The number of hydrogen-bond acceptors (Lipinski definition) is 5. The molecule has 2 aromatic carbocycles. The molecule has 0 aliphatic rings. The van der Waals surface area contributed by atoms with Crippen LogP contribution in [0, 0.1) is 11.3 Å². The van der Waals surface area contributed by atoms with E-state index >= 15 is 0 Å². The number of amides is 1. The Morgan fingerprint density at radius 3 is 2.79 bits per heavy atom. The third kappa shape index (κ3) is 3.14. The highest BCUT2D eigenvalue weighted by atomic mass is 35.5. The van der Waals surface area contributed by atoms with E-state index < -0.39 is 0 Å². The van der Waals surface area contributed by atoms with Crippen molar-refractivity contribution in [1.82, 2.24) is 15.0 Å². The molecule has 0 aliphatic carbocycles. The molecule has 3 aromatic rings. The van der Waals surface area contributed by atoms with E-state index in [1.807, 2.05) is 0 Å². The Morgan fingerprint density at radius 1 is 1.29 bits per heavy atom. The molecule has 24 heavy (non-hydrogen) atoms. The lowest BCUT2D eigenvalue weighted by Crippen LogP contribution is -2.09. The lowest BCUT2D eigenvalue weighted by Gasteiger charge is -2.04. The molecular weight excluding hydrogens is 330 g/mol. The van der Waals surface area contributed by atoms with Gasteiger partial charge in [0.25, 0.3) is 0 Å². The molecule has 1 amide bonds. The Labute approximate surface area is 142 Å². The van der Waals surface area contributed by atoms with E-state index in [2.05, 4.69) is 15.5 Å². The van der Waals surface area contributed by atoms with Crippen molar-refractivity contribution in [2.45, 2.75) is 6.42 Å². The summed E-state index contributed by atoms with van der Waals surface area (Å²) in [4.78, 5) is 12.9. The fraction of sp³-hybridized carbons (Fsp3) is 0.125. The third-order valence-electron chi connectivity index (χ3n) is 3.27. The molecule has 0 saturated carbocycles. The van der Waals surface area contributed by atoms with Crippen LogP contribution in [0.25, 0.3) is 16.7 Å². The zero-order valence-corrected chi connectivity index (χ0v) is 13.4. The maximum absolute atomic E-state index is 11.5. The number of anilines is 1. The molecule has 0 fully saturated rings. The van der Waals surface area contributed by atoms with Gasteiger partial charge in [-0.3, -0.25) is 4.79 Å². The number of rotatable bonds is 4. The number of carbonyl (C=O) groups excluding carboxylic acids is 1. The van der Waals surface area contributed by atoms with Crippen LogP contribution in [0.1, 0.15) is 6.42 Å². The van der Waals surface area contributed by atoms with Crippen molar-refractivity contribution in [2.75, 3.05) is 12.4 Å². The first kappa shape index (κ1) is 15.8. The molecule has 8 heteroatoms. The van der Waals surface area contributed by atoms with Crippen LogP contribution >= 0.6 is 11.6 Å². The van der Waals surface area contributed by atoms with Crippen molar-refractivity contribution >= 4 is 34.2 Å². The molecular formula is C16H12ClN5O2. The van der Waals surface area contributed by atoms with Gasteiger partial charge in [0.15, 0.2) is 0 Å². The summed E-state index contributed by atoms with van der Waals surface area (Å²) in [5.74, 6) is 0.200. The first-order chi connectivity index (χ1) is 11.6. The number of carbonyl (C=O) groups is 1. The van der Waals surface area contributed by atoms with Crippen LogP contribution in [-0.2, 0) is 4.79 Å². The van der Waals surface area contributed by atoms with E-state index in [0.717, 1.165) is 0 Å². The number of nitriles is 1. The Hall–Kier alpha value is -3.11. The van der Waals surface area contributed by atoms with Gasteiger partial charge in [-0.15, -0.1) is 10.2 Å². The molecule has 0 radical (unpaired) electrons. The molecule has 7 nitrogen and oxygen atoms in total. The van der Waals surface area contributed by atoms with Gasteiger partial charge in [0.1, 0.15) is 23.2 Å². The van der Waals surface area contributed by atoms with Gasteiger partial charge in [0, 0.05) is 5.69 Å². The number of hydrogen-bond donors (Lipinski definition) is 1. The highest BCUT2D eigenvalue weighted by Gasteiger charge is 2.09. The summed E-state index contributed by atoms with van der Waals surface area (Å²) in [6, 6.07) is 12.2. The number of nitrogens with one attached hydrogen (secondary N) is 1. The number of methoxy groups -OCH3 is 1. The number of nitrogens with zero attached hydrogens (tertiary/aromatic N) is 4. The van der Waals surface area contributed by atoms with Crippen molar-refractivity contribution in [3.63, 3.8) is 0 Å². The summed E-state index contributed by atoms with van der Waals surface area (Å²) in [6.07, 6.45) is -0.199. The molecule has 120 valence electrons. The second kappa shape index (κ2) is 6.56. The van der Waals surface area contributed by atoms with Gasteiger partial charge < -0.3 is 10.1 Å². The minimum Gasteiger partial charge on any atom is -0.495 e. The first-order valence-electron chi connectivity index (χ1n) is 6.98. The number of fused-ring (bicyclic) bond motifs is 1. The Balaban J connectivity index is 1.92. The number of benzene rings is 2. The predicted molar refractivity (Wildman–Crippen MR) is 89.3 cm³/mol. The zero-order chi connectivity index (χ0) is 17.1. The molecule has 0 saturated heterocycles. The lowest BCUT2D eigenvalue weighted by molar-refractivity contribution is -0.115. The fourth-order valence-electron chi connectivity index (χ4n) is 2.16. The van der Waals surface area contributed by atoms with Crippen molar-refractivity contribution in [3.8, 4) is 17.5 Å². The largest absolute Gasteiger partial charge is 0.495 e. The topological polar surface area (TPSA) is 92.8 Å². The molecule has 1 heterocycles. The smallest absolute Gasteiger partial charge is 0.238 e. The normalized spacial score (nSPS) is 10.4. The van der Waals surface area contributed by atoms with Gasteiger partial charge in [-0.05, 0) is 36.4 Å². The Morgan fingerprint density at radius 2 is 2.08 bits per heavy atom. The van der Waals surface area contributed by atoms with Crippen molar-refractivity contribution in [3.05, 3.63) is 41.4 Å². The molecule has 0 atom stereocenters. The van der Waals surface area contributed by atoms with Crippen LogP contribution in [0.15, 0.2) is 36.4 Å². The summed E-state index contributed by atoms with van der Waals surface area (Å²) in [5.41, 5.74) is 2.52. The second-order valence-electron chi connectivity index (χ2n) is 4.89. The first-order valence-corrected chi connectivity index (χ1v) is 7.36. The second-order valence-corrected chi connectivity index (χ2v) is 5.30. The lowest BCUT2D eigenvalue weighted by atomic mass is 10.2. The summed E-state index contributed by atoms with van der Waals surface area (Å²) in [6.45, 7) is 0. The molecule has 1 aromatic heterocycles. The predicted octanol–water partition coefficient (Wildman–Crippen LogP) is 2.93. The maximum Gasteiger partial charge on any atom is 0.238 e. The minimum absolute atomic E-state index is 0.199. The van der Waals surface area contributed by atoms with Crippen LogP contribution in [0.3, 0.4) is 0 Å². The van der Waals surface area contributed by atoms with Gasteiger partial charge in [-0.1, -0.05) is 11.6 Å². The van der Waals surface area contributed by atoms with Crippen LogP contribution in [0.4, 0.5) is 5.69 Å². The average molecular weight is 342 g/mol. The van der Waals surface area contributed by atoms with E-state index in [9.17, 15) is 4.79 Å². The highest BCUT2D eigenvalue weighted by molar-refractivity contribution is 6.32. The molecule has 0 bridgehead atoms. The van der Waals surface area contributed by atoms with Gasteiger partial charge in [0.2, 0.25) is 5.91 Å². The van der Waals surface area contributed by atoms with E-state index in [4.69, 9.17) is 21.6 Å². The van der Waals surface area contributed by atoms with E-state index in [1.165, 1.54) is 4.80 Å². The zero-order valence-electron chi connectivity index (χ0n) is 12.7. The summed E-state index contributed by atoms with van der Waals surface area (Å²) >= 11 is 6.12. The molecule has 0 aliphatic heterocycles. The average Bonchev–Trinajstić information content (AvgIpc) is 2.98. The standard InChI is InChI=1S/C16H12ClN5O2/c1-24-15-5-3-11(9-12(15)17)22-20-13-4-2-10(8-14(13)21-22)19-16(23)6-7-18/h2-5,8-9H,6H2,1H3,(H,19,23). The molecule has 1 N–H and O–H groups in total. The van der Waals surface area contributed by atoms with Gasteiger partial charge >= 0.3 is 0 Å². The molecule has 0 unspecified atom stereocenters. The number of aromatic nitrogens is 3. The fourth-order valence-corrected chi connectivity index (χ4v) is 2.42. The monoisotopic (exact) mass is 341 g/mol. The van der Waals surface area contributed by atoms with Crippen LogP contribution in [0.2, 0.25) is 5.02 Å². The summed E-state index contributed by atoms with van der Waals surface area (Å²) < 4.78 is 5.12. The van der Waals surface area contributed by atoms with E-state index in [0.29, 0.717) is 33.2 Å².